The molecule has 0 saturated heterocycles. The number of fused-ring (bicyclic) bond motifs is 1. The molecule has 0 radical (unpaired) electrons. The third kappa shape index (κ3) is 3.34. The second-order valence-corrected chi connectivity index (χ2v) is 5.62. The number of hydrogen-bond acceptors (Lipinski definition) is 1. The third-order valence-corrected chi connectivity index (χ3v) is 4.15. The highest BCUT2D eigenvalue weighted by molar-refractivity contribution is 6.30. The number of hydrogen-bond donors (Lipinski definition) is 2. The summed E-state index contributed by atoms with van der Waals surface area (Å²) in [4.78, 5) is 14.5. The molecule has 1 heterocycles. The predicted octanol–water partition coefficient (Wildman–Crippen LogP) is 4.52. The van der Waals surface area contributed by atoms with E-state index in [4.69, 9.17) is 11.6 Å². The quantitative estimate of drug-likeness (QED) is 0.582. The Bertz CT molecular complexity index is 546. The predicted molar refractivity (Wildman–Crippen MR) is 82.5 cm³/mol. The Labute approximate surface area is 124 Å². The van der Waals surface area contributed by atoms with Gasteiger partial charge in [0.25, 0.3) is 0 Å². The van der Waals surface area contributed by atoms with E-state index in [0.717, 1.165) is 42.3 Å². The van der Waals surface area contributed by atoms with E-state index in [1.807, 2.05) is 30.3 Å². The lowest BCUT2D eigenvalue weighted by Gasteiger charge is -2.18. The first kappa shape index (κ1) is 14.9. The number of carboxylic acids is 1. The van der Waals surface area contributed by atoms with Gasteiger partial charge in [0.05, 0.1) is 0 Å². The van der Waals surface area contributed by atoms with Crippen LogP contribution in [0.25, 0.3) is 10.9 Å². The van der Waals surface area contributed by atoms with Crippen molar-refractivity contribution < 1.29 is 9.90 Å². The van der Waals surface area contributed by atoms with Crippen LogP contribution in [0.1, 0.15) is 44.2 Å². The number of rotatable bonds is 7. The molecule has 20 heavy (non-hydrogen) atoms. The number of aromatic nitrogens is 1. The van der Waals surface area contributed by atoms with Crippen molar-refractivity contribution in [2.45, 2.75) is 43.9 Å². The first-order chi connectivity index (χ1) is 9.63. The summed E-state index contributed by atoms with van der Waals surface area (Å²) >= 11 is 6.10. The number of nitrogens with one attached hydrogen (secondary N) is 1. The summed E-state index contributed by atoms with van der Waals surface area (Å²) in [5, 5.41) is 9.41. The van der Waals surface area contributed by atoms with Crippen molar-refractivity contribution in [3.05, 3.63) is 36.0 Å². The molecule has 0 fully saturated rings. The summed E-state index contributed by atoms with van der Waals surface area (Å²) in [5.41, 5.74) is 1.95. The fourth-order valence-electron chi connectivity index (χ4n) is 2.54. The number of carbonyl (C=O) groups is 1. The van der Waals surface area contributed by atoms with E-state index in [1.54, 1.807) is 0 Å². The van der Waals surface area contributed by atoms with Gasteiger partial charge in [-0.3, -0.25) is 4.79 Å². The normalized spacial score (nSPS) is 14.3. The Balaban J connectivity index is 2.26. The molecular weight excluding hydrogens is 274 g/mol. The van der Waals surface area contributed by atoms with E-state index in [1.165, 1.54) is 0 Å². The standard InChI is InChI=1S/C16H20ClNO2/c1-2-3-4-8-12(15(17)16(19)20)14-10-11-7-5-6-9-13(11)18-14/h5-7,9-10,12,15,18H,2-4,8H2,1H3,(H,19,20). The minimum atomic E-state index is -0.952. The Kier molecular flexibility index (Phi) is 5.07. The molecule has 4 heteroatoms. The fraction of sp³-hybridized carbons (Fsp3) is 0.438. The minimum absolute atomic E-state index is 0.173. The zero-order valence-corrected chi connectivity index (χ0v) is 12.4. The van der Waals surface area contributed by atoms with Crippen molar-refractivity contribution in [3.8, 4) is 0 Å². The Morgan fingerprint density at radius 3 is 2.75 bits per heavy atom. The van der Waals surface area contributed by atoms with E-state index in [-0.39, 0.29) is 5.92 Å². The summed E-state index contributed by atoms with van der Waals surface area (Å²) < 4.78 is 0. The van der Waals surface area contributed by atoms with Crippen LogP contribution in [0, 0.1) is 0 Å². The largest absolute Gasteiger partial charge is 0.480 e. The van der Waals surface area contributed by atoms with Gasteiger partial charge in [0.1, 0.15) is 5.38 Å². The SMILES string of the molecule is CCCCCC(c1cc2ccccc2[nH]1)C(Cl)C(=O)O. The van der Waals surface area contributed by atoms with Crippen molar-refractivity contribution in [3.63, 3.8) is 0 Å². The van der Waals surface area contributed by atoms with Crippen molar-refractivity contribution in [2.75, 3.05) is 0 Å². The van der Waals surface area contributed by atoms with Gasteiger partial charge in [0.2, 0.25) is 0 Å². The summed E-state index contributed by atoms with van der Waals surface area (Å²) in [7, 11) is 0. The average Bonchev–Trinajstić information content (AvgIpc) is 2.86. The number of alkyl halides is 1. The van der Waals surface area contributed by atoms with Crippen LogP contribution in [0.3, 0.4) is 0 Å². The molecule has 0 spiro atoms. The first-order valence-corrected chi connectivity index (χ1v) is 7.51. The van der Waals surface area contributed by atoms with Crippen LogP contribution in [0.15, 0.2) is 30.3 Å². The van der Waals surface area contributed by atoms with E-state index in [2.05, 4.69) is 11.9 Å². The van der Waals surface area contributed by atoms with Crippen molar-refractivity contribution in [2.24, 2.45) is 0 Å². The lowest BCUT2D eigenvalue weighted by atomic mass is 9.94. The maximum Gasteiger partial charge on any atom is 0.322 e. The number of aromatic amines is 1. The van der Waals surface area contributed by atoms with Crippen LogP contribution in [0.5, 0.6) is 0 Å². The first-order valence-electron chi connectivity index (χ1n) is 7.08. The maximum atomic E-state index is 11.2. The van der Waals surface area contributed by atoms with Gasteiger partial charge in [-0.25, -0.2) is 0 Å². The molecule has 0 saturated carbocycles. The summed E-state index contributed by atoms with van der Waals surface area (Å²) in [6.45, 7) is 2.13. The minimum Gasteiger partial charge on any atom is -0.480 e. The Morgan fingerprint density at radius 2 is 2.10 bits per heavy atom. The van der Waals surface area contributed by atoms with E-state index in [0.29, 0.717) is 0 Å². The smallest absolute Gasteiger partial charge is 0.322 e. The van der Waals surface area contributed by atoms with Gasteiger partial charge < -0.3 is 10.1 Å². The number of benzene rings is 1. The van der Waals surface area contributed by atoms with Gasteiger partial charge in [-0.1, -0.05) is 44.4 Å². The molecule has 3 nitrogen and oxygen atoms in total. The van der Waals surface area contributed by atoms with Crippen LogP contribution in [0.4, 0.5) is 0 Å². The zero-order chi connectivity index (χ0) is 14.5. The molecular formula is C16H20ClNO2. The number of unbranched alkanes of at least 4 members (excludes halogenated alkanes) is 2. The lowest BCUT2D eigenvalue weighted by Crippen LogP contribution is -2.22. The Morgan fingerprint density at radius 1 is 1.35 bits per heavy atom. The number of carboxylic acid groups (broad SMARTS) is 1. The highest BCUT2D eigenvalue weighted by atomic mass is 35.5. The van der Waals surface area contributed by atoms with Gasteiger partial charge in [0.15, 0.2) is 0 Å². The van der Waals surface area contributed by atoms with E-state index < -0.39 is 11.3 Å². The molecule has 1 aromatic carbocycles. The fourth-order valence-corrected chi connectivity index (χ4v) is 2.80. The Hall–Kier alpha value is -1.48. The topological polar surface area (TPSA) is 53.1 Å². The molecule has 2 unspecified atom stereocenters. The maximum absolute atomic E-state index is 11.2. The molecule has 2 N–H and O–H groups in total. The van der Waals surface area contributed by atoms with Gasteiger partial charge in [-0.15, -0.1) is 11.6 Å². The number of para-hydroxylation sites is 1. The molecule has 0 bridgehead atoms. The summed E-state index contributed by atoms with van der Waals surface area (Å²) in [6.07, 6.45) is 3.99. The number of aliphatic carboxylic acids is 1. The molecule has 1 aromatic heterocycles. The van der Waals surface area contributed by atoms with Crippen molar-refractivity contribution >= 4 is 28.5 Å². The molecule has 2 aromatic rings. The molecule has 0 aliphatic carbocycles. The van der Waals surface area contributed by atoms with Gasteiger partial charge in [-0.05, 0) is 23.9 Å². The van der Waals surface area contributed by atoms with E-state index >= 15 is 0 Å². The third-order valence-electron chi connectivity index (χ3n) is 3.66. The summed E-state index contributed by atoms with van der Waals surface area (Å²) in [5.74, 6) is -1.13. The van der Waals surface area contributed by atoms with Crippen LogP contribution in [0.2, 0.25) is 0 Å². The second kappa shape index (κ2) is 6.80. The molecule has 0 aliphatic heterocycles. The van der Waals surface area contributed by atoms with E-state index in [9.17, 15) is 9.90 Å². The molecule has 0 amide bonds. The number of halogens is 1. The molecule has 2 atom stereocenters. The van der Waals surface area contributed by atoms with Crippen LogP contribution < -0.4 is 0 Å². The highest BCUT2D eigenvalue weighted by Gasteiger charge is 2.28. The average molecular weight is 294 g/mol. The molecule has 2 rings (SSSR count). The summed E-state index contributed by atoms with van der Waals surface area (Å²) in [6, 6.07) is 9.96. The van der Waals surface area contributed by atoms with Crippen LogP contribution in [-0.4, -0.2) is 21.4 Å². The number of H-pyrrole nitrogens is 1. The van der Waals surface area contributed by atoms with Crippen LogP contribution >= 0.6 is 11.6 Å². The van der Waals surface area contributed by atoms with Gasteiger partial charge in [0, 0.05) is 17.1 Å². The molecule has 0 aliphatic rings. The monoisotopic (exact) mass is 293 g/mol. The molecule has 108 valence electrons. The van der Waals surface area contributed by atoms with Crippen molar-refractivity contribution in [1.29, 1.82) is 0 Å². The highest BCUT2D eigenvalue weighted by Crippen LogP contribution is 2.31. The van der Waals surface area contributed by atoms with Gasteiger partial charge >= 0.3 is 5.97 Å². The van der Waals surface area contributed by atoms with Crippen molar-refractivity contribution in [1.82, 2.24) is 4.98 Å². The zero-order valence-electron chi connectivity index (χ0n) is 11.6. The van der Waals surface area contributed by atoms with Gasteiger partial charge in [-0.2, -0.15) is 0 Å². The van der Waals surface area contributed by atoms with Crippen LogP contribution in [-0.2, 0) is 4.79 Å². The second-order valence-electron chi connectivity index (χ2n) is 5.15. The lowest BCUT2D eigenvalue weighted by molar-refractivity contribution is -0.137.